The quantitative estimate of drug-likeness (QED) is 0.782. The number of para-hydroxylation sites is 1. The molecule has 3 heterocycles. The number of primary amides is 1. The van der Waals surface area contributed by atoms with Crippen LogP contribution in [0.1, 0.15) is 24.9 Å². The van der Waals surface area contributed by atoms with Crippen LogP contribution in [0.2, 0.25) is 0 Å². The van der Waals surface area contributed by atoms with Gasteiger partial charge in [0.15, 0.2) is 0 Å². The molecule has 2 aromatic heterocycles. The molecule has 1 aliphatic rings. The van der Waals surface area contributed by atoms with Gasteiger partial charge in [-0.3, -0.25) is 4.79 Å². The summed E-state index contributed by atoms with van der Waals surface area (Å²) in [7, 11) is 1.84. The average Bonchev–Trinajstić information content (AvgIpc) is 3.35. The van der Waals surface area contributed by atoms with Crippen LogP contribution >= 0.6 is 0 Å². The summed E-state index contributed by atoms with van der Waals surface area (Å²) in [6.45, 7) is 2.48. The average molecular weight is 352 g/mol. The molecule has 0 atom stereocenters. The number of aromatic nitrogens is 4. The Kier molecular flexibility index (Phi) is 5.58. The summed E-state index contributed by atoms with van der Waals surface area (Å²) in [5, 5.41) is 0. The molecular formula is C19H24N6O. The molecule has 0 bridgehead atoms. The highest BCUT2D eigenvalue weighted by Gasteiger charge is 2.10. The first-order chi connectivity index (χ1) is 12.6. The third kappa shape index (κ3) is 4.24. The number of nitrogens with zero attached hydrogens (tertiary/aromatic N) is 5. The largest absolute Gasteiger partial charge is 0.372 e. The van der Waals surface area contributed by atoms with E-state index in [1.165, 1.54) is 37.8 Å². The molecule has 0 unspecified atom stereocenters. The molecule has 1 amide bonds. The maximum atomic E-state index is 10.9. The van der Waals surface area contributed by atoms with Crippen molar-refractivity contribution in [3.63, 3.8) is 0 Å². The summed E-state index contributed by atoms with van der Waals surface area (Å²) >= 11 is 0. The normalized spacial score (nSPS) is 13.2. The fourth-order valence-corrected chi connectivity index (χ4v) is 2.84. The number of hydrogen-bond acceptors (Lipinski definition) is 5. The van der Waals surface area contributed by atoms with Crippen molar-refractivity contribution in [2.75, 3.05) is 18.0 Å². The smallest absolute Gasteiger partial charge is 0.286 e. The molecule has 7 heteroatoms. The third-order valence-corrected chi connectivity index (χ3v) is 4.18. The summed E-state index contributed by atoms with van der Waals surface area (Å²) < 4.78 is 1.80. The van der Waals surface area contributed by atoms with Crippen LogP contribution < -0.4 is 10.6 Å². The Morgan fingerprint density at radius 1 is 1.15 bits per heavy atom. The third-order valence-electron chi connectivity index (χ3n) is 4.18. The lowest BCUT2D eigenvalue weighted by atomic mass is 10.3. The second-order valence-corrected chi connectivity index (χ2v) is 6.05. The lowest BCUT2D eigenvalue weighted by Gasteiger charge is -2.16. The maximum absolute atomic E-state index is 10.9. The first kappa shape index (κ1) is 17.6. The van der Waals surface area contributed by atoms with Gasteiger partial charge in [0.05, 0.1) is 23.9 Å². The van der Waals surface area contributed by atoms with E-state index >= 15 is 0 Å². The lowest BCUT2D eigenvalue weighted by molar-refractivity contribution is 0.0990. The van der Waals surface area contributed by atoms with Gasteiger partial charge >= 0.3 is 0 Å². The van der Waals surface area contributed by atoms with Crippen molar-refractivity contribution in [2.45, 2.75) is 12.8 Å². The first-order valence-electron chi connectivity index (χ1n) is 8.54. The van der Waals surface area contributed by atoms with Gasteiger partial charge < -0.3 is 15.2 Å². The van der Waals surface area contributed by atoms with Crippen molar-refractivity contribution in [1.29, 1.82) is 0 Å². The summed E-state index contributed by atoms with van der Waals surface area (Å²) in [6, 6.07) is 12.3. The van der Waals surface area contributed by atoms with Crippen LogP contribution in [-0.4, -0.2) is 38.5 Å². The van der Waals surface area contributed by atoms with E-state index in [9.17, 15) is 4.79 Å². The van der Waals surface area contributed by atoms with Gasteiger partial charge in [-0.05, 0) is 31.0 Å². The van der Waals surface area contributed by atoms with Gasteiger partial charge in [-0.1, -0.05) is 18.2 Å². The molecule has 136 valence electrons. The number of imidazole rings is 1. The van der Waals surface area contributed by atoms with Crippen LogP contribution in [0.25, 0.3) is 11.4 Å². The van der Waals surface area contributed by atoms with Gasteiger partial charge in [0.25, 0.3) is 5.91 Å². The second kappa shape index (κ2) is 8.24. The zero-order chi connectivity index (χ0) is 18.4. The Morgan fingerprint density at radius 3 is 2.50 bits per heavy atom. The Bertz CT molecular complexity index is 861. The number of carbonyl (C=O) groups excluding carboxylic acids is 1. The molecule has 3 aromatic rings. The van der Waals surface area contributed by atoms with Crippen LogP contribution in [-0.2, 0) is 7.05 Å². The number of hydrogen-bond donors (Lipinski definition) is 1. The van der Waals surface area contributed by atoms with Crippen LogP contribution in [0, 0.1) is 0 Å². The van der Waals surface area contributed by atoms with Gasteiger partial charge in [-0.2, -0.15) is 0 Å². The van der Waals surface area contributed by atoms with E-state index in [0.717, 1.165) is 5.69 Å². The number of carbonyl (C=O) groups is 1. The van der Waals surface area contributed by atoms with Gasteiger partial charge in [0.1, 0.15) is 0 Å². The molecule has 4 rings (SSSR count). The summed E-state index contributed by atoms with van der Waals surface area (Å²) in [4.78, 5) is 25.1. The van der Waals surface area contributed by atoms with Gasteiger partial charge in [-0.15, -0.1) is 0 Å². The Balaban J connectivity index is 0.000000194. The van der Waals surface area contributed by atoms with Crippen molar-refractivity contribution in [1.82, 2.24) is 19.5 Å². The molecular weight excluding hydrogens is 328 g/mol. The highest BCUT2D eigenvalue weighted by Crippen LogP contribution is 2.18. The number of anilines is 1. The Morgan fingerprint density at radius 2 is 1.88 bits per heavy atom. The van der Waals surface area contributed by atoms with Crippen LogP contribution in [0.5, 0.6) is 0 Å². The van der Waals surface area contributed by atoms with Gasteiger partial charge in [-0.25, -0.2) is 15.0 Å². The molecule has 26 heavy (non-hydrogen) atoms. The number of amides is 1. The van der Waals surface area contributed by atoms with E-state index in [1.54, 1.807) is 23.2 Å². The molecule has 1 aromatic carbocycles. The Hall–Kier alpha value is -3.22. The number of nitrogens with two attached hydrogens (primary N) is 1. The fraction of sp³-hybridized carbons (Fsp3) is 0.263. The van der Waals surface area contributed by atoms with E-state index in [2.05, 4.69) is 50.2 Å². The monoisotopic (exact) mass is 352 g/mol. The molecule has 2 N–H and O–H groups in total. The molecule has 0 aliphatic carbocycles. The fourth-order valence-electron chi connectivity index (χ4n) is 2.84. The van der Waals surface area contributed by atoms with Gasteiger partial charge in [0, 0.05) is 33.4 Å². The molecule has 0 saturated carbocycles. The molecule has 0 radical (unpaired) electrons. The number of aryl methyl sites for hydroxylation is 1. The van der Waals surface area contributed by atoms with E-state index in [4.69, 9.17) is 5.73 Å². The maximum Gasteiger partial charge on any atom is 0.286 e. The van der Waals surface area contributed by atoms with Crippen molar-refractivity contribution >= 4 is 11.6 Å². The predicted molar refractivity (Wildman–Crippen MR) is 103 cm³/mol. The van der Waals surface area contributed by atoms with E-state index in [-0.39, 0.29) is 7.25 Å². The SMILES string of the molecule is Cn1cncc1-c1ccnc(C(N)=O)n1.[HH].c1ccc(N2CCCC2)cc1. The summed E-state index contributed by atoms with van der Waals surface area (Å²) in [6.07, 6.45) is 7.52. The standard InChI is InChI=1S/C10H13N.C9H9N5O.H2/c1-2-6-10(7-3-1)11-8-4-5-9-11;1-14-5-11-4-7(14)6-2-3-12-9(13-6)8(10)15;/h1-3,6-7H,4-5,8-9H2;2-5H,1H3,(H2,10,15);1H. The van der Waals surface area contributed by atoms with Crippen LogP contribution in [0.15, 0.2) is 55.1 Å². The molecule has 1 aliphatic heterocycles. The van der Waals surface area contributed by atoms with Crippen LogP contribution in [0.4, 0.5) is 5.69 Å². The lowest BCUT2D eigenvalue weighted by Crippen LogP contribution is -2.16. The van der Waals surface area contributed by atoms with Crippen molar-refractivity contribution < 1.29 is 6.22 Å². The van der Waals surface area contributed by atoms with E-state index < -0.39 is 5.91 Å². The zero-order valence-corrected chi connectivity index (χ0v) is 14.7. The summed E-state index contributed by atoms with van der Waals surface area (Å²) in [5.41, 5.74) is 7.90. The van der Waals surface area contributed by atoms with E-state index in [0.29, 0.717) is 5.69 Å². The van der Waals surface area contributed by atoms with E-state index in [1.807, 2.05) is 7.05 Å². The minimum Gasteiger partial charge on any atom is -0.372 e. The first-order valence-corrected chi connectivity index (χ1v) is 8.54. The highest BCUT2D eigenvalue weighted by molar-refractivity contribution is 5.89. The summed E-state index contributed by atoms with van der Waals surface area (Å²) in [5.74, 6) is -0.632. The highest BCUT2D eigenvalue weighted by atomic mass is 16.1. The molecule has 7 nitrogen and oxygen atoms in total. The second-order valence-electron chi connectivity index (χ2n) is 6.05. The minimum absolute atomic E-state index is 0. The van der Waals surface area contributed by atoms with Crippen molar-refractivity contribution in [2.24, 2.45) is 12.8 Å². The van der Waals surface area contributed by atoms with Crippen molar-refractivity contribution in [3.05, 3.63) is 60.9 Å². The molecule has 0 spiro atoms. The van der Waals surface area contributed by atoms with Crippen LogP contribution in [0.3, 0.4) is 0 Å². The number of benzene rings is 1. The molecule has 1 fully saturated rings. The molecule has 1 saturated heterocycles. The predicted octanol–water partition coefficient (Wildman–Crippen LogP) is 2.51. The topological polar surface area (TPSA) is 89.9 Å². The van der Waals surface area contributed by atoms with Gasteiger partial charge in [0.2, 0.25) is 5.82 Å². The Labute approximate surface area is 154 Å². The van der Waals surface area contributed by atoms with Crippen molar-refractivity contribution in [3.8, 4) is 11.4 Å². The number of rotatable bonds is 3. The minimum atomic E-state index is -0.640. The zero-order valence-electron chi connectivity index (χ0n) is 14.7.